The average molecular weight is 325 g/mol. The van der Waals surface area contributed by atoms with Crippen molar-refractivity contribution in [2.24, 2.45) is 11.7 Å². The lowest BCUT2D eigenvalue weighted by Crippen LogP contribution is -2.55. The van der Waals surface area contributed by atoms with E-state index in [1.807, 2.05) is 25.7 Å². The number of nitrogens with zero attached hydrogens (tertiary/aromatic N) is 1. The molecule has 5 nitrogen and oxygen atoms in total. The van der Waals surface area contributed by atoms with E-state index in [0.29, 0.717) is 24.5 Å². The molecular formula is C18H35N3O2. The van der Waals surface area contributed by atoms with Gasteiger partial charge in [0.25, 0.3) is 0 Å². The molecule has 23 heavy (non-hydrogen) atoms. The van der Waals surface area contributed by atoms with Crippen molar-refractivity contribution in [3.8, 4) is 0 Å². The number of amides is 1. The summed E-state index contributed by atoms with van der Waals surface area (Å²) < 4.78 is 5.66. The summed E-state index contributed by atoms with van der Waals surface area (Å²) >= 11 is 0. The summed E-state index contributed by atoms with van der Waals surface area (Å²) in [7, 11) is 0. The first-order valence-corrected chi connectivity index (χ1v) is 9.35. The highest BCUT2D eigenvalue weighted by molar-refractivity contribution is 5.68. The van der Waals surface area contributed by atoms with Gasteiger partial charge in [0.2, 0.25) is 0 Å². The summed E-state index contributed by atoms with van der Waals surface area (Å²) in [5, 5.41) is 3.62. The lowest BCUT2D eigenvalue weighted by atomic mass is 9.76. The molecule has 2 fully saturated rings. The van der Waals surface area contributed by atoms with Gasteiger partial charge in [0, 0.05) is 31.7 Å². The minimum atomic E-state index is -0.428. The van der Waals surface area contributed by atoms with E-state index in [-0.39, 0.29) is 6.09 Å². The summed E-state index contributed by atoms with van der Waals surface area (Å²) in [4.78, 5) is 14.7. The summed E-state index contributed by atoms with van der Waals surface area (Å²) in [6, 6.07) is 0.800. The van der Waals surface area contributed by atoms with Gasteiger partial charge in [0.05, 0.1) is 0 Å². The number of carbonyl (C=O) groups excluding carboxylic acids is 1. The molecule has 3 atom stereocenters. The second-order valence-corrected chi connectivity index (χ2v) is 8.03. The molecule has 0 aromatic carbocycles. The van der Waals surface area contributed by atoms with Crippen LogP contribution < -0.4 is 11.1 Å². The summed E-state index contributed by atoms with van der Waals surface area (Å²) in [6.07, 6.45) is 8.21. The minimum Gasteiger partial charge on any atom is -0.444 e. The number of ether oxygens (including phenoxy) is 1. The van der Waals surface area contributed by atoms with Gasteiger partial charge in [-0.2, -0.15) is 0 Å². The van der Waals surface area contributed by atoms with Crippen LogP contribution in [0.3, 0.4) is 0 Å². The maximum Gasteiger partial charge on any atom is 0.410 e. The van der Waals surface area contributed by atoms with Crippen LogP contribution in [0, 0.1) is 5.92 Å². The number of nitrogens with one attached hydrogen (secondary N) is 1. The highest BCUT2D eigenvalue weighted by atomic mass is 16.6. The van der Waals surface area contributed by atoms with Crippen molar-refractivity contribution in [2.75, 3.05) is 19.6 Å². The molecule has 5 heteroatoms. The summed E-state index contributed by atoms with van der Waals surface area (Å²) in [5.74, 6) is 0.531. The van der Waals surface area contributed by atoms with Crippen molar-refractivity contribution in [2.45, 2.75) is 83.4 Å². The predicted octanol–water partition coefficient (Wildman–Crippen LogP) is 2.88. The molecule has 1 heterocycles. The Balaban J connectivity index is 2.07. The van der Waals surface area contributed by atoms with Crippen LogP contribution in [0.25, 0.3) is 0 Å². The largest absolute Gasteiger partial charge is 0.444 e. The molecule has 134 valence electrons. The fraction of sp³-hybridized carbons (Fsp3) is 0.944. The Hall–Kier alpha value is -0.810. The molecule has 1 saturated carbocycles. The second kappa shape index (κ2) is 8.34. The van der Waals surface area contributed by atoms with Crippen LogP contribution in [0.1, 0.15) is 65.7 Å². The van der Waals surface area contributed by atoms with E-state index in [1.165, 1.54) is 32.1 Å². The van der Waals surface area contributed by atoms with E-state index in [9.17, 15) is 4.79 Å². The van der Waals surface area contributed by atoms with Gasteiger partial charge in [0.15, 0.2) is 0 Å². The van der Waals surface area contributed by atoms with Gasteiger partial charge in [-0.15, -0.1) is 0 Å². The van der Waals surface area contributed by atoms with Crippen LogP contribution in [0.5, 0.6) is 0 Å². The molecule has 3 N–H and O–H groups in total. The zero-order valence-electron chi connectivity index (χ0n) is 15.1. The van der Waals surface area contributed by atoms with Crippen molar-refractivity contribution < 1.29 is 9.53 Å². The molecule has 3 unspecified atom stereocenters. The van der Waals surface area contributed by atoms with Crippen molar-refractivity contribution in [1.29, 1.82) is 0 Å². The third-order valence-corrected chi connectivity index (χ3v) is 5.04. The first kappa shape index (κ1) is 18.5. The fourth-order valence-corrected chi connectivity index (χ4v) is 4.09. The number of hydrogen-bond donors (Lipinski definition) is 2. The standard InChI is InChI=1S/C18H35N3O2/c1-18(2,3)23-17(22)21-13-7-6-10-16(21)14-8-4-5-9-15(14)20-12-11-19/h14-16,20H,4-13,19H2,1-3H3. The van der Waals surface area contributed by atoms with Crippen LogP contribution in [-0.4, -0.2) is 48.3 Å². The highest BCUT2D eigenvalue weighted by Gasteiger charge is 2.39. The van der Waals surface area contributed by atoms with Crippen LogP contribution in [0.15, 0.2) is 0 Å². The molecule has 1 aliphatic heterocycles. The van der Waals surface area contributed by atoms with Crippen LogP contribution in [-0.2, 0) is 4.74 Å². The molecule has 0 radical (unpaired) electrons. The van der Waals surface area contributed by atoms with Crippen LogP contribution >= 0.6 is 0 Å². The van der Waals surface area contributed by atoms with Gasteiger partial charge in [-0.05, 0) is 58.8 Å². The number of hydrogen-bond acceptors (Lipinski definition) is 4. The summed E-state index contributed by atoms with van der Waals surface area (Å²) in [5.41, 5.74) is 5.24. The number of nitrogens with two attached hydrogens (primary N) is 1. The Kier molecular flexibility index (Phi) is 6.72. The monoisotopic (exact) mass is 325 g/mol. The molecule has 0 bridgehead atoms. The number of rotatable bonds is 4. The SMILES string of the molecule is CC(C)(C)OC(=O)N1CCCCC1C1CCCCC1NCCN. The number of carbonyl (C=O) groups is 1. The molecular weight excluding hydrogens is 290 g/mol. The van der Waals surface area contributed by atoms with E-state index in [0.717, 1.165) is 25.9 Å². The minimum absolute atomic E-state index is 0.134. The Morgan fingerprint density at radius 3 is 2.57 bits per heavy atom. The van der Waals surface area contributed by atoms with E-state index >= 15 is 0 Å². The maximum absolute atomic E-state index is 12.7. The lowest BCUT2D eigenvalue weighted by Gasteiger charge is -2.45. The average Bonchev–Trinajstić information content (AvgIpc) is 2.51. The van der Waals surface area contributed by atoms with E-state index < -0.39 is 5.60 Å². The van der Waals surface area contributed by atoms with Gasteiger partial charge in [-0.1, -0.05) is 12.8 Å². The Morgan fingerprint density at radius 2 is 1.87 bits per heavy atom. The highest BCUT2D eigenvalue weighted by Crippen LogP contribution is 2.34. The van der Waals surface area contributed by atoms with Crippen LogP contribution in [0.4, 0.5) is 4.79 Å². The normalized spacial score (nSPS) is 29.4. The van der Waals surface area contributed by atoms with Gasteiger partial charge in [-0.25, -0.2) is 4.79 Å². The Bertz CT molecular complexity index is 381. The fourth-order valence-electron chi connectivity index (χ4n) is 4.09. The molecule has 2 aliphatic rings. The quantitative estimate of drug-likeness (QED) is 0.834. The zero-order valence-corrected chi connectivity index (χ0v) is 15.1. The van der Waals surface area contributed by atoms with Gasteiger partial charge in [-0.3, -0.25) is 0 Å². The van der Waals surface area contributed by atoms with Crippen molar-refractivity contribution in [3.05, 3.63) is 0 Å². The Morgan fingerprint density at radius 1 is 1.17 bits per heavy atom. The number of likely N-dealkylation sites (tertiary alicyclic amines) is 1. The molecule has 0 aromatic rings. The van der Waals surface area contributed by atoms with E-state index in [4.69, 9.17) is 10.5 Å². The first-order chi connectivity index (χ1) is 10.9. The molecule has 2 rings (SSSR count). The first-order valence-electron chi connectivity index (χ1n) is 9.35. The van der Waals surface area contributed by atoms with Gasteiger partial charge in [0.1, 0.15) is 5.60 Å². The van der Waals surface area contributed by atoms with Crippen molar-refractivity contribution >= 4 is 6.09 Å². The second-order valence-electron chi connectivity index (χ2n) is 8.03. The van der Waals surface area contributed by atoms with Crippen LogP contribution in [0.2, 0.25) is 0 Å². The molecule has 1 saturated heterocycles. The maximum atomic E-state index is 12.7. The molecule has 1 amide bonds. The van der Waals surface area contributed by atoms with E-state index in [2.05, 4.69) is 5.32 Å². The molecule has 0 spiro atoms. The zero-order chi connectivity index (χ0) is 16.9. The van der Waals surface area contributed by atoms with Crippen molar-refractivity contribution in [3.63, 3.8) is 0 Å². The third kappa shape index (κ3) is 5.35. The predicted molar refractivity (Wildman–Crippen MR) is 93.4 cm³/mol. The van der Waals surface area contributed by atoms with Gasteiger partial charge >= 0.3 is 6.09 Å². The Labute approximate surface area is 141 Å². The lowest BCUT2D eigenvalue weighted by molar-refractivity contribution is -0.00520. The molecule has 0 aromatic heterocycles. The van der Waals surface area contributed by atoms with Crippen molar-refractivity contribution in [1.82, 2.24) is 10.2 Å². The topological polar surface area (TPSA) is 67.6 Å². The number of piperidine rings is 1. The molecule has 1 aliphatic carbocycles. The van der Waals surface area contributed by atoms with Gasteiger partial charge < -0.3 is 20.7 Å². The smallest absolute Gasteiger partial charge is 0.410 e. The third-order valence-electron chi connectivity index (χ3n) is 5.04. The summed E-state index contributed by atoms with van der Waals surface area (Å²) in [6.45, 7) is 8.19. The van der Waals surface area contributed by atoms with E-state index in [1.54, 1.807) is 0 Å².